The number of para-hydroxylation sites is 1. The Bertz CT molecular complexity index is 1010. The highest BCUT2D eigenvalue weighted by atomic mass is 16.5. The molecule has 2 heterocycles. The Morgan fingerprint density at radius 3 is 2.74 bits per heavy atom. The molecule has 1 unspecified atom stereocenters. The summed E-state index contributed by atoms with van der Waals surface area (Å²) < 4.78 is 19.0. The normalized spacial score (nSPS) is 17.1. The maximum absolute atomic E-state index is 12.2. The van der Waals surface area contributed by atoms with E-state index in [1.54, 1.807) is 20.3 Å². The first-order valence-corrected chi connectivity index (χ1v) is 8.90. The Hall–Kier alpha value is -2.99. The summed E-state index contributed by atoms with van der Waals surface area (Å²) in [6.07, 6.45) is 1.66. The lowest BCUT2D eigenvalue weighted by Crippen LogP contribution is -2.45. The fourth-order valence-electron chi connectivity index (χ4n) is 3.55. The minimum Gasteiger partial charge on any atom is -0.497 e. The molecule has 140 valence electrons. The second-order valence-electron chi connectivity index (χ2n) is 6.42. The third-order valence-corrected chi connectivity index (χ3v) is 4.92. The highest BCUT2D eigenvalue weighted by Crippen LogP contribution is 2.33. The number of hydrogen-bond donors (Lipinski definition) is 0. The second-order valence-corrected chi connectivity index (χ2v) is 6.42. The van der Waals surface area contributed by atoms with E-state index in [2.05, 4.69) is 5.01 Å². The van der Waals surface area contributed by atoms with E-state index in [1.165, 1.54) is 0 Å². The van der Waals surface area contributed by atoms with Crippen molar-refractivity contribution in [2.45, 2.75) is 6.10 Å². The van der Waals surface area contributed by atoms with Gasteiger partial charge < -0.3 is 19.2 Å². The van der Waals surface area contributed by atoms with Crippen LogP contribution in [0.1, 0.15) is 11.7 Å². The van der Waals surface area contributed by atoms with Gasteiger partial charge in [-0.05, 0) is 30.3 Å². The first-order valence-electron chi connectivity index (χ1n) is 8.90. The summed E-state index contributed by atoms with van der Waals surface area (Å²) in [5.41, 5.74) is 1.87. The maximum atomic E-state index is 12.2. The molecule has 6 heteroatoms. The molecule has 1 atom stereocenters. The van der Waals surface area contributed by atoms with Crippen LogP contribution < -0.4 is 19.9 Å². The highest BCUT2D eigenvalue weighted by Gasteiger charge is 2.26. The molecule has 2 aromatic carbocycles. The number of fused-ring (bicyclic) bond motifs is 1. The number of methoxy groups -OCH3 is 2. The van der Waals surface area contributed by atoms with E-state index in [0.717, 1.165) is 29.1 Å². The Balaban J connectivity index is 1.71. The summed E-state index contributed by atoms with van der Waals surface area (Å²) in [7, 11) is 3.30. The standard InChI is InChI=1S/C21H22N2O4/c1-25-15-7-8-20(26-2)17(13-15)21-14-22(11-12-27-21)23-10-9-19(24)16-5-3-4-6-18(16)23/h3-10,13,21H,11-12,14H2,1-2H3. The molecular formula is C21H22N2O4. The molecule has 1 saturated heterocycles. The molecule has 1 aromatic heterocycles. The van der Waals surface area contributed by atoms with Crippen molar-refractivity contribution in [3.05, 3.63) is 70.5 Å². The minimum absolute atomic E-state index is 0.0288. The molecule has 1 aliphatic rings. The van der Waals surface area contributed by atoms with Gasteiger partial charge in [-0.3, -0.25) is 9.47 Å². The monoisotopic (exact) mass is 366 g/mol. The van der Waals surface area contributed by atoms with E-state index in [0.29, 0.717) is 18.5 Å². The number of ether oxygens (including phenoxy) is 3. The van der Waals surface area contributed by atoms with Crippen molar-refractivity contribution in [3.8, 4) is 11.5 Å². The van der Waals surface area contributed by atoms with Gasteiger partial charge in [-0.15, -0.1) is 0 Å². The van der Waals surface area contributed by atoms with Gasteiger partial charge in [-0.1, -0.05) is 12.1 Å². The average molecular weight is 366 g/mol. The van der Waals surface area contributed by atoms with Gasteiger partial charge in [0.05, 0.1) is 39.4 Å². The zero-order valence-corrected chi connectivity index (χ0v) is 15.4. The van der Waals surface area contributed by atoms with Gasteiger partial charge in [0.15, 0.2) is 5.43 Å². The lowest BCUT2D eigenvalue weighted by atomic mass is 10.1. The summed E-state index contributed by atoms with van der Waals surface area (Å²) in [5, 5.41) is 2.90. The molecular weight excluding hydrogens is 344 g/mol. The molecule has 27 heavy (non-hydrogen) atoms. The predicted octanol–water partition coefficient (Wildman–Crippen LogP) is 2.73. The molecule has 0 saturated carbocycles. The fourth-order valence-corrected chi connectivity index (χ4v) is 3.55. The number of nitrogens with zero attached hydrogens (tertiary/aromatic N) is 2. The van der Waals surface area contributed by atoms with Crippen LogP contribution in [0.5, 0.6) is 11.5 Å². The highest BCUT2D eigenvalue weighted by molar-refractivity contribution is 5.78. The predicted molar refractivity (Wildman–Crippen MR) is 104 cm³/mol. The van der Waals surface area contributed by atoms with Gasteiger partial charge >= 0.3 is 0 Å². The van der Waals surface area contributed by atoms with Crippen LogP contribution in [0.4, 0.5) is 0 Å². The summed E-state index contributed by atoms with van der Waals surface area (Å²) >= 11 is 0. The van der Waals surface area contributed by atoms with Crippen molar-refractivity contribution in [2.24, 2.45) is 0 Å². The smallest absolute Gasteiger partial charge is 0.189 e. The summed E-state index contributed by atoms with van der Waals surface area (Å²) in [5.74, 6) is 1.53. The molecule has 0 spiro atoms. The van der Waals surface area contributed by atoms with Gasteiger partial charge in [-0.2, -0.15) is 0 Å². The first kappa shape index (κ1) is 17.4. The van der Waals surface area contributed by atoms with Gasteiger partial charge in [0.2, 0.25) is 0 Å². The fraction of sp³-hybridized carbons (Fsp3) is 0.286. The zero-order valence-electron chi connectivity index (χ0n) is 15.4. The topological polar surface area (TPSA) is 52.9 Å². The molecule has 0 amide bonds. The molecule has 0 bridgehead atoms. The van der Waals surface area contributed by atoms with Gasteiger partial charge in [0.25, 0.3) is 0 Å². The molecule has 6 nitrogen and oxygen atoms in total. The van der Waals surface area contributed by atoms with Crippen LogP contribution in [0.15, 0.2) is 59.5 Å². The lowest BCUT2D eigenvalue weighted by Gasteiger charge is -2.37. The largest absolute Gasteiger partial charge is 0.497 e. The van der Waals surface area contributed by atoms with Crippen molar-refractivity contribution < 1.29 is 14.2 Å². The zero-order chi connectivity index (χ0) is 18.8. The van der Waals surface area contributed by atoms with Crippen LogP contribution in [0.3, 0.4) is 0 Å². The third-order valence-electron chi connectivity index (χ3n) is 4.92. The Morgan fingerprint density at radius 1 is 1.07 bits per heavy atom. The van der Waals surface area contributed by atoms with E-state index in [1.807, 2.05) is 53.3 Å². The van der Waals surface area contributed by atoms with E-state index < -0.39 is 0 Å². The molecule has 0 aliphatic carbocycles. The van der Waals surface area contributed by atoms with Crippen LogP contribution in [0.25, 0.3) is 10.9 Å². The third kappa shape index (κ3) is 3.24. The molecule has 0 radical (unpaired) electrons. The van der Waals surface area contributed by atoms with Gasteiger partial charge in [0, 0.05) is 23.2 Å². The summed E-state index contributed by atoms with van der Waals surface area (Å²) in [6.45, 7) is 1.94. The van der Waals surface area contributed by atoms with E-state index in [-0.39, 0.29) is 11.5 Å². The minimum atomic E-state index is -0.165. The second kappa shape index (κ2) is 7.32. The van der Waals surface area contributed by atoms with Crippen LogP contribution in [0, 0.1) is 0 Å². The number of aromatic nitrogens is 1. The molecule has 3 aromatic rings. The van der Waals surface area contributed by atoms with E-state index in [4.69, 9.17) is 14.2 Å². The molecule has 1 aliphatic heterocycles. The molecule has 4 rings (SSSR count). The lowest BCUT2D eigenvalue weighted by molar-refractivity contribution is 0.0295. The number of benzene rings is 2. The van der Waals surface area contributed by atoms with Crippen LogP contribution in [0.2, 0.25) is 0 Å². The number of pyridine rings is 1. The summed E-state index contributed by atoms with van der Waals surface area (Å²) in [6, 6.07) is 15.0. The van der Waals surface area contributed by atoms with Gasteiger partial charge in [0.1, 0.15) is 17.6 Å². The van der Waals surface area contributed by atoms with E-state index in [9.17, 15) is 4.79 Å². The first-order chi connectivity index (χ1) is 13.2. The van der Waals surface area contributed by atoms with E-state index >= 15 is 0 Å². The van der Waals surface area contributed by atoms with Crippen LogP contribution >= 0.6 is 0 Å². The van der Waals surface area contributed by atoms with Crippen molar-refractivity contribution in [1.82, 2.24) is 4.68 Å². The maximum Gasteiger partial charge on any atom is 0.189 e. The van der Waals surface area contributed by atoms with Crippen molar-refractivity contribution in [2.75, 3.05) is 38.9 Å². The number of hydrogen-bond acceptors (Lipinski definition) is 5. The quantitative estimate of drug-likeness (QED) is 0.711. The molecule has 1 fully saturated rings. The Kier molecular flexibility index (Phi) is 4.73. The SMILES string of the molecule is COc1ccc(OC)c(C2CN(n3ccc(=O)c4ccccc43)CCO2)c1. The van der Waals surface area contributed by atoms with Crippen LogP contribution in [-0.4, -0.2) is 38.6 Å². The summed E-state index contributed by atoms with van der Waals surface area (Å²) in [4.78, 5) is 12.2. The van der Waals surface area contributed by atoms with Crippen molar-refractivity contribution >= 4 is 10.9 Å². The van der Waals surface area contributed by atoms with Crippen LogP contribution in [-0.2, 0) is 4.74 Å². The Morgan fingerprint density at radius 2 is 1.93 bits per heavy atom. The van der Waals surface area contributed by atoms with Gasteiger partial charge in [-0.25, -0.2) is 0 Å². The molecule has 0 N–H and O–H groups in total. The Labute approximate surface area is 157 Å². The van der Waals surface area contributed by atoms with Crippen molar-refractivity contribution in [3.63, 3.8) is 0 Å². The van der Waals surface area contributed by atoms with Crippen molar-refractivity contribution in [1.29, 1.82) is 0 Å². The number of rotatable bonds is 4. The number of morpholine rings is 1. The average Bonchev–Trinajstić information content (AvgIpc) is 2.74.